The Morgan fingerprint density at radius 3 is 2.53 bits per heavy atom. The second-order valence-corrected chi connectivity index (χ2v) is 5.02. The lowest BCUT2D eigenvalue weighted by molar-refractivity contribution is 0.303. The zero-order valence-electron chi connectivity index (χ0n) is 9.80. The van der Waals surface area contributed by atoms with Gasteiger partial charge in [0.15, 0.2) is 0 Å². The number of benzene rings is 2. The number of hydrogen-bond donors (Lipinski definition) is 0. The van der Waals surface area contributed by atoms with Gasteiger partial charge >= 0.3 is 0 Å². The molecule has 1 nitrogen and oxygen atoms in total. The predicted octanol–water partition coefficient (Wildman–Crippen LogP) is 5.45. The van der Waals surface area contributed by atoms with Gasteiger partial charge in [-0.05, 0) is 36.4 Å². The molecule has 0 radical (unpaired) electrons. The Morgan fingerprint density at radius 1 is 1.00 bits per heavy atom. The van der Waals surface area contributed by atoms with E-state index in [1.54, 1.807) is 24.3 Å². The molecule has 19 heavy (non-hydrogen) atoms. The zero-order valence-corrected chi connectivity index (χ0v) is 12.1. The molecule has 2 rings (SSSR count). The van der Waals surface area contributed by atoms with Crippen LogP contribution in [0.3, 0.4) is 0 Å². The van der Waals surface area contributed by atoms with Gasteiger partial charge in [-0.2, -0.15) is 0 Å². The normalized spacial score (nSPS) is 10.5. The summed E-state index contributed by atoms with van der Waals surface area (Å²) in [5.41, 5.74) is 1.36. The van der Waals surface area contributed by atoms with E-state index in [-0.39, 0.29) is 18.3 Å². The predicted molar refractivity (Wildman–Crippen MR) is 76.8 cm³/mol. The van der Waals surface area contributed by atoms with Gasteiger partial charge in [0.25, 0.3) is 0 Å². The van der Waals surface area contributed by atoms with E-state index in [4.69, 9.17) is 39.5 Å². The van der Waals surface area contributed by atoms with Crippen LogP contribution in [0, 0.1) is 5.82 Å². The SMILES string of the molecule is Fc1ccc(OCc2cc(Cl)ccc2Cl)c(CCl)c1. The first-order valence-electron chi connectivity index (χ1n) is 5.51. The molecule has 0 aliphatic rings. The number of halogens is 4. The van der Waals surface area contributed by atoms with Crippen molar-refractivity contribution in [2.45, 2.75) is 12.5 Å². The first-order chi connectivity index (χ1) is 9.10. The minimum absolute atomic E-state index is 0.177. The van der Waals surface area contributed by atoms with Gasteiger partial charge in [0.2, 0.25) is 0 Å². The maximum absolute atomic E-state index is 13.1. The summed E-state index contributed by atoms with van der Waals surface area (Å²) in [6, 6.07) is 9.36. The minimum Gasteiger partial charge on any atom is -0.489 e. The van der Waals surface area contributed by atoms with E-state index < -0.39 is 0 Å². The lowest BCUT2D eigenvalue weighted by atomic mass is 10.2. The van der Waals surface area contributed by atoms with Gasteiger partial charge in [-0.3, -0.25) is 0 Å². The fraction of sp³-hybridized carbons (Fsp3) is 0.143. The van der Waals surface area contributed by atoms with Crippen molar-refractivity contribution in [3.63, 3.8) is 0 Å². The van der Waals surface area contributed by atoms with Crippen LogP contribution in [0.25, 0.3) is 0 Å². The summed E-state index contributed by atoms with van der Waals surface area (Å²) in [5, 5.41) is 1.15. The third-order valence-electron chi connectivity index (χ3n) is 2.56. The molecule has 0 saturated carbocycles. The summed E-state index contributed by atoms with van der Waals surface area (Å²) in [6.07, 6.45) is 0. The topological polar surface area (TPSA) is 9.23 Å². The van der Waals surface area contributed by atoms with Crippen molar-refractivity contribution in [1.82, 2.24) is 0 Å². The van der Waals surface area contributed by atoms with Crippen LogP contribution in [0.2, 0.25) is 10.0 Å². The summed E-state index contributed by atoms with van der Waals surface area (Å²) in [5.74, 6) is 0.368. The van der Waals surface area contributed by atoms with Crippen molar-refractivity contribution < 1.29 is 9.13 Å². The Morgan fingerprint density at radius 2 is 1.79 bits per heavy atom. The Balaban J connectivity index is 2.16. The molecule has 2 aromatic carbocycles. The third-order valence-corrected chi connectivity index (χ3v) is 3.45. The molecular weight excluding hydrogens is 310 g/mol. The summed E-state index contributed by atoms with van der Waals surface area (Å²) in [6.45, 7) is 0.245. The highest BCUT2D eigenvalue weighted by molar-refractivity contribution is 6.33. The monoisotopic (exact) mass is 318 g/mol. The van der Waals surface area contributed by atoms with Crippen LogP contribution in [-0.2, 0) is 12.5 Å². The molecule has 0 aromatic heterocycles. The Hall–Kier alpha value is -0.960. The average Bonchev–Trinajstić information content (AvgIpc) is 2.40. The van der Waals surface area contributed by atoms with Crippen LogP contribution in [0.1, 0.15) is 11.1 Å². The first kappa shape index (κ1) is 14.4. The van der Waals surface area contributed by atoms with Gasteiger partial charge in [0, 0.05) is 21.2 Å². The Kier molecular flexibility index (Phi) is 4.92. The van der Waals surface area contributed by atoms with E-state index in [9.17, 15) is 4.39 Å². The van der Waals surface area contributed by atoms with Crippen molar-refractivity contribution >= 4 is 34.8 Å². The van der Waals surface area contributed by atoms with E-state index in [0.717, 1.165) is 5.56 Å². The second-order valence-electron chi connectivity index (χ2n) is 3.91. The largest absolute Gasteiger partial charge is 0.489 e. The molecule has 5 heteroatoms. The molecule has 2 aromatic rings. The fourth-order valence-corrected chi connectivity index (χ4v) is 2.18. The molecule has 0 bridgehead atoms. The second kappa shape index (κ2) is 6.47. The van der Waals surface area contributed by atoms with E-state index in [0.29, 0.717) is 21.4 Å². The highest BCUT2D eigenvalue weighted by Crippen LogP contribution is 2.25. The van der Waals surface area contributed by atoms with Gasteiger partial charge in [0.1, 0.15) is 18.2 Å². The molecule has 0 heterocycles. The molecule has 0 amide bonds. The molecule has 0 N–H and O–H groups in total. The van der Waals surface area contributed by atoms with E-state index in [2.05, 4.69) is 0 Å². The standard InChI is InChI=1S/C14H10Cl3FO/c15-7-9-6-12(18)2-4-14(9)19-8-10-5-11(16)1-3-13(10)17/h1-6H,7-8H2. The molecule has 0 spiro atoms. The summed E-state index contributed by atoms with van der Waals surface area (Å²) < 4.78 is 18.7. The number of ether oxygens (including phenoxy) is 1. The highest BCUT2D eigenvalue weighted by atomic mass is 35.5. The Labute approximate surface area is 125 Å². The van der Waals surface area contributed by atoms with Gasteiger partial charge in [-0.15, -0.1) is 11.6 Å². The molecule has 0 unspecified atom stereocenters. The third kappa shape index (κ3) is 3.75. The van der Waals surface area contributed by atoms with Crippen LogP contribution < -0.4 is 4.74 Å². The van der Waals surface area contributed by atoms with E-state index in [1.807, 2.05) is 0 Å². The van der Waals surface area contributed by atoms with Gasteiger partial charge in [0.05, 0.1) is 5.88 Å². The van der Waals surface area contributed by atoms with Crippen LogP contribution in [0.15, 0.2) is 36.4 Å². The molecule has 0 aliphatic heterocycles. The van der Waals surface area contributed by atoms with Crippen molar-refractivity contribution in [3.05, 3.63) is 63.4 Å². The molecular formula is C14H10Cl3FO. The maximum atomic E-state index is 13.1. The number of hydrogen-bond acceptors (Lipinski definition) is 1. The van der Waals surface area contributed by atoms with Crippen LogP contribution in [-0.4, -0.2) is 0 Å². The van der Waals surface area contributed by atoms with Gasteiger partial charge in [-0.1, -0.05) is 23.2 Å². The lowest BCUT2D eigenvalue weighted by Crippen LogP contribution is -1.99. The lowest BCUT2D eigenvalue weighted by Gasteiger charge is -2.11. The quantitative estimate of drug-likeness (QED) is 0.681. The van der Waals surface area contributed by atoms with E-state index in [1.165, 1.54) is 12.1 Å². The van der Waals surface area contributed by atoms with Gasteiger partial charge < -0.3 is 4.74 Å². The highest BCUT2D eigenvalue weighted by Gasteiger charge is 2.07. The summed E-state index contributed by atoms with van der Waals surface area (Å²) in [4.78, 5) is 0. The van der Waals surface area contributed by atoms with Crippen molar-refractivity contribution in [1.29, 1.82) is 0 Å². The van der Waals surface area contributed by atoms with Crippen LogP contribution in [0.5, 0.6) is 5.75 Å². The first-order valence-corrected chi connectivity index (χ1v) is 6.80. The summed E-state index contributed by atoms with van der Waals surface area (Å²) in [7, 11) is 0. The van der Waals surface area contributed by atoms with Crippen LogP contribution >= 0.6 is 34.8 Å². The number of alkyl halides is 1. The van der Waals surface area contributed by atoms with Crippen molar-refractivity contribution in [2.75, 3.05) is 0 Å². The summed E-state index contributed by atoms with van der Waals surface area (Å²) >= 11 is 17.7. The smallest absolute Gasteiger partial charge is 0.124 e. The molecule has 0 fully saturated rings. The fourth-order valence-electron chi connectivity index (χ4n) is 1.60. The minimum atomic E-state index is -0.344. The van der Waals surface area contributed by atoms with Crippen molar-refractivity contribution in [3.8, 4) is 5.75 Å². The number of rotatable bonds is 4. The maximum Gasteiger partial charge on any atom is 0.124 e. The Bertz CT molecular complexity index is 587. The zero-order chi connectivity index (χ0) is 13.8. The average molecular weight is 320 g/mol. The van der Waals surface area contributed by atoms with Crippen LogP contribution in [0.4, 0.5) is 4.39 Å². The molecule has 0 atom stereocenters. The molecule has 100 valence electrons. The van der Waals surface area contributed by atoms with Gasteiger partial charge in [-0.25, -0.2) is 4.39 Å². The molecule has 0 saturated heterocycles. The van der Waals surface area contributed by atoms with Crippen molar-refractivity contribution in [2.24, 2.45) is 0 Å². The molecule has 0 aliphatic carbocycles. The van der Waals surface area contributed by atoms with E-state index >= 15 is 0 Å².